The standard InChI is InChI=1S/C11H21N5/c1-7-3-2-4-8(5-7)10(15-13)9-6-14-16-11(9)12/h6-8,10,15H,2-5,13H2,1H3,(H3,12,14,16). The van der Waals surface area contributed by atoms with Crippen LogP contribution < -0.4 is 17.0 Å². The van der Waals surface area contributed by atoms with E-state index in [-0.39, 0.29) is 6.04 Å². The minimum Gasteiger partial charge on any atom is -0.384 e. The lowest BCUT2D eigenvalue weighted by Crippen LogP contribution is -2.35. The molecule has 1 aliphatic rings. The van der Waals surface area contributed by atoms with Gasteiger partial charge in [-0.25, -0.2) is 0 Å². The van der Waals surface area contributed by atoms with Gasteiger partial charge in [-0.1, -0.05) is 19.8 Å². The lowest BCUT2D eigenvalue weighted by atomic mass is 9.77. The summed E-state index contributed by atoms with van der Waals surface area (Å²) in [7, 11) is 0. The molecule has 1 heterocycles. The maximum Gasteiger partial charge on any atom is 0.123 e. The van der Waals surface area contributed by atoms with Crippen molar-refractivity contribution in [1.29, 1.82) is 0 Å². The third-order valence-corrected chi connectivity index (χ3v) is 3.66. The van der Waals surface area contributed by atoms with Gasteiger partial charge in [0.05, 0.1) is 12.2 Å². The molecule has 0 aliphatic heterocycles. The average molecular weight is 223 g/mol. The number of hydrogen-bond acceptors (Lipinski definition) is 4. The van der Waals surface area contributed by atoms with Crippen molar-refractivity contribution >= 4 is 5.82 Å². The normalized spacial score (nSPS) is 27.9. The van der Waals surface area contributed by atoms with E-state index in [4.69, 9.17) is 11.6 Å². The van der Waals surface area contributed by atoms with Crippen LogP contribution >= 0.6 is 0 Å². The molecular formula is C11H21N5. The first kappa shape index (κ1) is 11.4. The van der Waals surface area contributed by atoms with Crippen molar-refractivity contribution in [2.75, 3.05) is 5.73 Å². The Labute approximate surface area is 95.9 Å². The molecule has 2 rings (SSSR count). The van der Waals surface area contributed by atoms with Crippen molar-refractivity contribution in [2.24, 2.45) is 17.7 Å². The second-order valence-corrected chi connectivity index (χ2v) is 4.92. The van der Waals surface area contributed by atoms with Crippen LogP contribution in [-0.2, 0) is 0 Å². The number of nitrogens with one attached hydrogen (secondary N) is 2. The van der Waals surface area contributed by atoms with E-state index < -0.39 is 0 Å². The fraction of sp³-hybridized carbons (Fsp3) is 0.727. The number of rotatable bonds is 3. The molecular weight excluding hydrogens is 202 g/mol. The molecule has 0 spiro atoms. The molecule has 1 aliphatic carbocycles. The Balaban J connectivity index is 2.13. The van der Waals surface area contributed by atoms with Gasteiger partial charge in [0.25, 0.3) is 0 Å². The monoisotopic (exact) mass is 223 g/mol. The fourth-order valence-corrected chi connectivity index (χ4v) is 2.82. The molecule has 1 aromatic heterocycles. The Hall–Kier alpha value is -1.07. The van der Waals surface area contributed by atoms with Gasteiger partial charge in [0.2, 0.25) is 0 Å². The summed E-state index contributed by atoms with van der Waals surface area (Å²) < 4.78 is 0. The molecule has 3 atom stereocenters. The van der Waals surface area contributed by atoms with Gasteiger partial charge in [-0.2, -0.15) is 5.10 Å². The minimum absolute atomic E-state index is 0.126. The first-order valence-electron chi connectivity index (χ1n) is 5.97. The quantitative estimate of drug-likeness (QED) is 0.459. The van der Waals surface area contributed by atoms with Crippen molar-refractivity contribution in [1.82, 2.24) is 15.6 Å². The van der Waals surface area contributed by atoms with Gasteiger partial charge >= 0.3 is 0 Å². The summed E-state index contributed by atoms with van der Waals surface area (Å²) in [5.74, 6) is 7.63. The largest absolute Gasteiger partial charge is 0.384 e. The maximum absolute atomic E-state index is 5.84. The molecule has 16 heavy (non-hydrogen) atoms. The van der Waals surface area contributed by atoms with Crippen molar-refractivity contribution in [2.45, 2.75) is 38.6 Å². The molecule has 1 aromatic rings. The van der Waals surface area contributed by atoms with Gasteiger partial charge in [0, 0.05) is 5.56 Å². The molecule has 6 N–H and O–H groups in total. The molecule has 5 heteroatoms. The highest BCUT2D eigenvalue weighted by atomic mass is 15.2. The van der Waals surface area contributed by atoms with E-state index in [0.29, 0.717) is 11.7 Å². The molecule has 3 unspecified atom stereocenters. The van der Waals surface area contributed by atoms with Crippen molar-refractivity contribution < 1.29 is 0 Å². The highest BCUT2D eigenvalue weighted by Crippen LogP contribution is 2.37. The molecule has 0 saturated heterocycles. The number of hydrazine groups is 1. The highest BCUT2D eigenvalue weighted by Gasteiger charge is 2.28. The molecule has 0 bridgehead atoms. The van der Waals surface area contributed by atoms with Crippen LogP contribution in [0.4, 0.5) is 5.82 Å². The number of aromatic amines is 1. The van der Waals surface area contributed by atoms with Crippen LogP contribution in [0.3, 0.4) is 0 Å². The smallest absolute Gasteiger partial charge is 0.123 e. The summed E-state index contributed by atoms with van der Waals surface area (Å²) in [4.78, 5) is 0. The minimum atomic E-state index is 0.126. The van der Waals surface area contributed by atoms with Crippen molar-refractivity contribution in [3.63, 3.8) is 0 Å². The molecule has 0 amide bonds. The van der Waals surface area contributed by atoms with Gasteiger partial charge in [0.1, 0.15) is 5.82 Å². The van der Waals surface area contributed by atoms with Gasteiger partial charge in [-0.05, 0) is 24.7 Å². The Morgan fingerprint density at radius 3 is 2.94 bits per heavy atom. The van der Waals surface area contributed by atoms with Gasteiger partial charge in [-0.3, -0.25) is 16.4 Å². The Bertz CT molecular complexity index is 335. The third kappa shape index (κ3) is 2.20. The molecule has 1 fully saturated rings. The molecule has 1 saturated carbocycles. The summed E-state index contributed by atoms with van der Waals surface area (Å²) in [5.41, 5.74) is 9.74. The van der Waals surface area contributed by atoms with E-state index in [1.54, 1.807) is 6.20 Å². The molecule has 0 radical (unpaired) electrons. The van der Waals surface area contributed by atoms with Gasteiger partial charge < -0.3 is 5.73 Å². The Morgan fingerprint density at radius 1 is 1.56 bits per heavy atom. The fourth-order valence-electron chi connectivity index (χ4n) is 2.82. The van der Waals surface area contributed by atoms with Crippen LogP contribution in [0.15, 0.2) is 6.20 Å². The summed E-state index contributed by atoms with van der Waals surface area (Å²) in [6.45, 7) is 2.30. The first-order valence-corrected chi connectivity index (χ1v) is 5.97. The van der Waals surface area contributed by atoms with Crippen LogP contribution in [0.25, 0.3) is 0 Å². The van der Waals surface area contributed by atoms with Crippen LogP contribution in [0.5, 0.6) is 0 Å². The number of nitrogens with two attached hydrogens (primary N) is 2. The van der Waals surface area contributed by atoms with Crippen LogP contribution in [-0.4, -0.2) is 10.2 Å². The van der Waals surface area contributed by atoms with Gasteiger partial charge in [-0.15, -0.1) is 0 Å². The van der Waals surface area contributed by atoms with Gasteiger partial charge in [0.15, 0.2) is 0 Å². The van der Waals surface area contributed by atoms with E-state index >= 15 is 0 Å². The molecule has 5 nitrogen and oxygen atoms in total. The SMILES string of the molecule is CC1CCCC(C(NN)c2cn[nH]c2N)C1. The summed E-state index contributed by atoms with van der Waals surface area (Å²) in [6, 6.07) is 0.126. The van der Waals surface area contributed by atoms with Crippen LogP contribution in [0.1, 0.15) is 44.2 Å². The Morgan fingerprint density at radius 2 is 2.38 bits per heavy atom. The second-order valence-electron chi connectivity index (χ2n) is 4.92. The lowest BCUT2D eigenvalue weighted by molar-refractivity contribution is 0.225. The van der Waals surface area contributed by atoms with Crippen LogP contribution in [0.2, 0.25) is 0 Å². The molecule has 90 valence electrons. The number of hydrogen-bond donors (Lipinski definition) is 4. The highest BCUT2D eigenvalue weighted by molar-refractivity contribution is 5.39. The summed E-state index contributed by atoms with van der Waals surface area (Å²) in [6.07, 6.45) is 6.80. The zero-order valence-electron chi connectivity index (χ0n) is 9.74. The molecule has 0 aromatic carbocycles. The van der Waals surface area contributed by atoms with E-state index in [2.05, 4.69) is 22.5 Å². The number of H-pyrrole nitrogens is 1. The second kappa shape index (κ2) is 4.84. The predicted molar refractivity (Wildman–Crippen MR) is 64.2 cm³/mol. The summed E-state index contributed by atoms with van der Waals surface area (Å²) >= 11 is 0. The van der Waals surface area contributed by atoms with E-state index in [9.17, 15) is 0 Å². The zero-order valence-corrected chi connectivity index (χ0v) is 9.74. The maximum atomic E-state index is 5.84. The topological polar surface area (TPSA) is 92.7 Å². The van der Waals surface area contributed by atoms with E-state index in [1.165, 1.54) is 25.7 Å². The van der Waals surface area contributed by atoms with E-state index in [0.717, 1.165) is 11.5 Å². The lowest BCUT2D eigenvalue weighted by Gasteiger charge is -2.32. The third-order valence-electron chi connectivity index (χ3n) is 3.66. The van der Waals surface area contributed by atoms with Crippen molar-refractivity contribution in [3.8, 4) is 0 Å². The predicted octanol–water partition coefficient (Wildman–Crippen LogP) is 1.32. The van der Waals surface area contributed by atoms with E-state index in [1.807, 2.05) is 0 Å². The number of aromatic nitrogens is 2. The zero-order chi connectivity index (χ0) is 11.5. The number of nitrogen functional groups attached to an aromatic ring is 1. The number of anilines is 1. The number of nitrogens with zero attached hydrogens (tertiary/aromatic N) is 1. The summed E-state index contributed by atoms with van der Waals surface area (Å²) in [5, 5.41) is 6.72. The Kier molecular flexibility index (Phi) is 3.46. The van der Waals surface area contributed by atoms with Crippen molar-refractivity contribution in [3.05, 3.63) is 11.8 Å². The van der Waals surface area contributed by atoms with Crippen LogP contribution in [0, 0.1) is 11.8 Å². The average Bonchev–Trinajstić information content (AvgIpc) is 2.67. The first-order chi connectivity index (χ1) is 7.72.